The molecule has 2 aliphatic rings. The fourth-order valence-electron chi connectivity index (χ4n) is 5.28. The Morgan fingerprint density at radius 3 is 2.52 bits per heavy atom. The van der Waals surface area contributed by atoms with Crippen LogP contribution in [-0.2, 0) is 22.4 Å². The largest absolute Gasteiger partial charge is 0.356 e. The van der Waals surface area contributed by atoms with Gasteiger partial charge in [-0.05, 0) is 71.6 Å². The number of rotatable bonds is 7. The molecule has 170 valence electrons. The Labute approximate surface area is 195 Å². The molecule has 1 aromatic heterocycles. The molecule has 5 rings (SSSR count). The summed E-state index contributed by atoms with van der Waals surface area (Å²) < 4.78 is 0. The smallest absolute Gasteiger partial charge is 0.226 e. The summed E-state index contributed by atoms with van der Waals surface area (Å²) in [7, 11) is 0. The quantitative estimate of drug-likeness (QED) is 0.560. The number of aromatic nitrogens is 1. The molecule has 1 unspecified atom stereocenters. The highest BCUT2D eigenvalue weighted by Crippen LogP contribution is 2.59. The second-order valence-corrected chi connectivity index (χ2v) is 9.61. The topological polar surface area (TPSA) is 62.3 Å². The lowest BCUT2D eigenvalue weighted by Crippen LogP contribution is -2.41. The molecular weight excluding hydrogens is 410 g/mol. The molecule has 2 heterocycles. The lowest BCUT2D eigenvalue weighted by Gasteiger charge is -2.33. The van der Waals surface area contributed by atoms with Crippen LogP contribution in [0.4, 0.5) is 0 Å². The van der Waals surface area contributed by atoms with Gasteiger partial charge in [-0.3, -0.25) is 14.6 Å². The molecule has 1 atom stereocenters. The summed E-state index contributed by atoms with van der Waals surface area (Å²) >= 11 is 0. The molecule has 2 amide bonds. The number of aryl methyl sites for hydroxylation is 1. The van der Waals surface area contributed by atoms with Crippen LogP contribution in [0.5, 0.6) is 0 Å². The van der Waals surface area contributed by atoms with Crippen molar-refractivity contribution >= 4 is 22.6 Å². The number of nitrogens with one attached hydrogen (secondary N) is 1. The molecule has 0 bridgehead atoms. The molecule has 1 saturated carbocycles. The van der Waals surface area contributed by atoms with Crippen molar-refractivity contribution < 1.29 is 9.59 Å². The van der Waals surface area contributed by atoms with E-state index >= 15 is 0 Å². The maximum atomic E-state index is 12.9. The highest BCUT2D eigenvalue weighted by Gasteiger charge is 2.58. The van der Waals surface area contributed by atoms with Crippen molar-refractivity contribution in [3.05, 3.63) is 78.1 Å². The second kappa shape index (κ2) is 9.34. The van der Waals surface area contributed by atoms with Crippen molar-refractivity contribution in [3.63, 3.8) is 0 Å². The molecule has 1 aliphatic carbocycles. The van der Waals surface area contributed by atoms with Gasteiger partial charge in [-0.15, -0.1) is 0 Å². The standard InChI is InChI=1S/C28H31N3O2/c32-26(19-22-7-8-23-5-1-2-6-24(23)18-22)31-16-11-28(12-17-31)20-25(28)27(33)30-13-3-4-21-9-14-29-15-10-21/h1-2,5-10,14-15,18,25H,3-4,11-13,16-17,19-20H2,(H,30,33). The van der Waals surface area contributed by atoms with Crippen molar-refractivity contribution in [2.75, 3.05) is 19.6 Å². The van der Waals surface area contributed by atoms with E-state index in [1.165, 1.54) is 16.3 Å². The Morgan fingerprint density at radius 2 is 1.73 bits per heavy atom. The summed E-state index contributed by atoms with van der Waals surface area (Å²) in [6, 6.07) is 18.6. The molecule has 2 aromatic carbocycles. The monoisotopic (exact) mass is 441 g/mol. The van der Waals surface area contributed by atoms with Crippen LogP contribution < -0.4 is 5.32 Å². The predicted molar refractivity (Wildman–Crippen MR) is 130 cm³/mol. The molecule has 1 aliphatic heterocycles. The zero-order valence-corrected chi connectivity index (χ0v) is 19.0. The molecule has 1 N–H and O–H groups in total. The van der Waals surface area contributed by atoms with Gasteiger partial charge in [0.25, 0.3) is 0 Å². The van der Waals surface area contributed by atoms with Gasteiger partial charge in [0.1, 0.15) is 0 Å². The number of nitrogens with zero attached hydrogens (tertiary/aromatic N) is 2. The van der Waals surface area contributed by atoms with E-state index in [-0.39, 0.29) is 23.1 Å². The number of pyridine rings is 1. The molecule has 5 nitrogen and oxygen atoms in total. The van der Waals surface area contributed by atoms with E-state index < -0.39 is 0 Å². The number of benzene rings is 2. The molecule has 0 radical (unpaired) electrons. The van der Waals surface area contributed by atoms with Crippen molar-refractivity contribution in [2.45, 2.75) is 38.5 Å². The number of likely N-dealkylation sites (tertiary alicyclic amines) is 1. The van der Waals surface area contributed by atoms with E-state index in [2.05, 4.69) is 40.6 Å². The van der Waals surface area contributed by atoms with Gasteiger partial charge in [-0.2, -0.15) is 0 Å². The SMILES string of the molecule is O=C(NCCCc1ccncc1)C1CC12CCN(C(=O)Cc1ccc3ccccc3c1)CC2. The third kappa shape index (κ3) is 4.92. The number of piperidine rings is 1. The maximum Gasteiger partial charge on any atom is 0.226 e. The third-order valence-corrected chi connectivity index (χ3v) is 7.48. The lowest BCUT2D eigenvalue weighted by molar-refractivity contribution is -0.132. The number of carbonyl (C=O) groups is 2. The van der Waals surface area contributed by atoms with Crippen molar-refractivity contribution in [1.29, 1.82) is 0 Å². The molecule has 1 spiro atoms. The van der Waals surface area contributed by atoms with E-state index in [9.17, 15) is 9.59 Å². The average Bonchev–Trinajstić information content (AvgIpc) is 3.55. The summed E-state index contributed by atoms with van der Waals surface area (Å²) in [6.07, 6.45) is 8.78. The Kier molecular flexibility index (Phi) is 6.12. The van der Waals surface area contributed by atoms with Crippen molar-refractivity contribution in [1.82, 2.24) is 15.2 Å². The van der Waals surface area contributed by atoms with E-state index in [0.717, 1.165) is 50.8 Å². The van der Waals surface area contributed by atoms with Crippen LogP contribution in [0.1, 0.15) is 36.8 Å². The first-order valence-electron chi connectivity index (χ1n) is 12.1. The number of carbonyl (C=O) groups excluding carboxylic acids is 2. The lowest BCUT2D eigenvalue weighted by atomic mass is 9.90. The molecule has 33 heavy (non-hydrogen) atoms. The van der Waals surface area contributed by atoms with Crippen LogP contribution >= 0.6 is 0 Å². The van der Waals surface area contributed by atoms with Crippen LogP contribution in [0, 0.1) is 11.3 Å². The van der Waals surface area contributed by atoms with Crippen LogP contribution in [0.2, 0.25) is 0 Å². The first kappa shape index (κ1) is 21.6. The van der Waals surface area contributed by atoms with E-state index in [1.807, 2.05) is 29.2 Å². The molecule has 5 heteroatoms. The van der Waals surface area contributed by atoms with Crippen LogP contribution in [-0.4, -0.2) is 41.3 Å². The number of fused-ring (bicyclic) bond motifs is 1. The Balaban J connectivity index is 1.06. The van der Waals surface area contributed by atoms with Gasteiger partial charge >= 0.3 is 0 Å². The van der Waals surface area contributed by atoms with Gasteiger partial charge in [0.2, 0.25) is 11.8 Å². The zero-order chi connectivity index (χ0) is 22.7. The summed E-state index contributed by atoms with van der Waals surface area (Å²) in [5, 5.41) is 5.50. The first-order chi connectivity index (χ1) is 16.1. The van der Waals surface area contributed by atoms with E-state index in [4.69, 9.17) is 0 Å². The predicted octanol–water partition coefficient (Wildman–Crippen LogP) is 4.16. The minimum absolute atomic E-state index is 0.120. The number of hydrogen-bond donors (Lipinski definition) is 1. The molecule has 3 aromatic rings. The van der Waals surface area contributed by atoms with Crippen LogP contribution in [0.25, 0.3) is 10.8 Å². The second-order valence-electron chi connectivity index (χ2n) is 9.61. The Morgan fingerprint density at radius 1 is 0.970 bits per heavy atom. The normalized spacial score (nSPS) is 18.9. The van der Waals surface area contributed by atoms with Crippen molar-refractivity contribution in [2.24, 2.45) is 11.3 Å². The Hall–Kier alpha value is -3.21. The zero-order valence-electron chi connectivity index (χ0n) is 19.0. The van der Waals surface area contributed by atoms with Crippen LogP contribution in [0.15, 0.2) is 67.0 Å². The van der Waals surface area contributed by atoms with Gasteiger partial charge in [0, 0.05) is 37.9 Å². The summed E-state index contributed by atoms with van der Waals surface area (Å²) in [5.41, 5.74) is 2.44. The average molecular weight is 442 g/mol. The molecular formula is C28H31N3O2. The fourth-order valence-corrected chi connectivity index (χ4v) is 5.28. The molecule has 2 fully saturated rings. The van der Waals surface area contributed by atoms with Gasteiger partial charge in [0.15, 0.2) is 0 Å². The highest BCUT2D eigenvalue weighted by atomic mass is 16.2. The summed E-state index contributed by atoms with van der Waals surface area (Å²) in [6.45, 7) is 2.24. The first-order valence-corrected chi connectivity index (χ1v) is 12.1. The number of amides is 2. The fraction of sp³-hybridized carbons (Fsp3) is 0.393. The third-order valence-electron chi connectivity index (χ3n) is 7.48. The molecule has 1 saturated heterocycles. The van der Waals surface area contributed by atoms with Gasteiger partial charge in [-0.25, -0.2) is 0 Å². The minimum Gasteiger partial charge on any atom is -0.356 e. The number of hydrogen-bond acceptors (Lipinski definition) is 3. The van der Waals surface area contributed by atoms with Gasteiger partial charge < -0.3 is 10.2 Å². The summed E-state index contributed by atoms with van der Waals surface area (Å²) in [5.74, 6) is 0.509. The Bertz CT molecular complexity index is 1140. The van der Waals surface area contributed by atoms with Crippen molar-refractivity contribution in [3.8, 4) is 0 Å². The van der Waals surface area contributed by atoms with Gasteiger partial charge in [0.05, 0.1) is 6.42 Å². The van der Waals surface area contributed by atoms with Gasteiger partial charge in [-0.1, -0.05) is 42.5 Å². The highest BCUT2D eigenvalue weighted by molar-refractivity contribution is 5.86. The summed E-state index contributed by atoms with van der Waals surface area (Å²) in [4.78, 5) is 31.6. The van der Waals surface area contributed by atoms with Crippen LogP contribution in [0.3, 0.4) is 0 Å². The minimum atomic E-state index is 0.120. The maximum absolute atomic E-state index is 12.9. The van der Waals surface area contributed by atoms with E-state index in [1.54, 1.807) is 12.4 Å². The van der Waals surface area contributed by atoms with E-state index in [0.29, 0.717) is 13.0 Å².